The summed E-state index contributed by atoms with van der Waals surface area (Å²) in [5, 5.41) is 4.24. The van der Waals surface area contributed by atoms with Crippen molar-refractivity contribution in [2.24, 2.45) is 0 Å². The van der Waals surface area contributed by atoms with E-state index in [0.717, 1.165) is 25.3 Å². The average molecular weight is 308 g/mol. The quantitative estimate of drug-likeness (QED) is 0.836. The van der Waals surface area contributed by atoms with Gasteiger partial charge in [0.15, 0.2) is 0 Å². The van der Waals surface area contributed by atoms with Gasteiger partial charge in [-0.2, -0.15) is 15.0 Å². The molecular formula is C13H20N6OS. The number of anilines is 2. The molecule has 0 fully saturated rings. The third kappa shape index (κ3) is 4.07. The number of aryl methyl sites for hydroxylation is 1. The third-order valence-electron chi connectivity index (χ3n) is 2.76. The molecular weight excluding hydrogens is 288 g/mol. The standard InChI is InChI=1S/C13H20N6OS/c1-5-14-10-16-11(19(6-2)7-3)18-12(17-10)21-13-15-9(4)8-20-13/h8H,5-7H2,1-4H3,(H,14,16,17,18). The summed E-state index contributed by atoms with van der Waals surface area (Å²) in [5.41, 5.74) is 0.836. The van der Waals surface area contributed by atoms with Crippen LogP contribution in [0.2, 0.25) is 0 Å². The zero-order valence-electron chi connectivity index (χ0n) is 12.8. The van der Waals surface area contributed by atoms with Crippen LogP contribution in [-0.4, -0.2) is 39.6 Å². The molecule has 0 bridgehead atoms. The van der Waals surface area contributed by atoms with Crippen molar-refractivity contribution in [3.05, 3.63) is 12.0 Å². The lowest BCUT2D eigenvalue weighted by Crippen LogP contribution is -2.25. The lowest BCUT2D eigenvalue weighted by Gasteiger charge is -2.19. The van der Waals surface area contributed by atoms with Crippen LogP contribution in [0, 0.1) is 6.92 Å². The summed E-state index contributed by atoms with van der Waals surface area (Å²) in [6.45, 7) is 10.5. The van der Waals surface area contributed by atoms with Crippen LogP contribution in [0.15, 0.2) is 21.1 Å². The van der Waals surface area contributed by atoms with E-state index in [0.29, 0.717) is 22.3 Å². The van der Waals surface area contributed by atoms with Crippen molar-refractivity contribution in [3.63, 3.8) is 0 Å². The first-order valence-corrected chi connectivity index (χ1v) is 7.82. The van der Waals surface area contributed by atoms with E-state index < -0.39 is 0 Å². The van der Waals surface area contributed by atoms with Crippen LogP contribution in [0.4, 0.5) is 11.9 Å². The van der Waals surface area contributed by atoms with Gasteiger partial charge in [0.25, 0.3) is 5.22 Å². The fourth-order valence-electron chi connectivity index (χ4n) is 1.73. The predicted octanol–water partition coefficient (Wildman–Crippen LogP) is 2.60. The molecule has 2 aromatic heterocycles. The molecule has 2 aromatic rings. The van der Waals surface area contributed by atoms with Gasteiger partial charge in [0, 0.05) is 31.4 Å². The number of oxazole rings is 1. The van der Waals surface area contributed by atoms with Crippen LogP contribution in [0.5, 0.6) is 0 Å². The summed E-state index contributed by atoms with van der Waals surface area (Å²) in [6.07, 6.45) is 1.61. The molecule has 114 valence electrons. The normalized spacial score (nSPS) is 10.7. The second-order valence-electron chi connectivity index (χ2n) is 4.30. The molecule has 7 nitrogen and oxygen atoms in total. The topological polar surface area (TPSA) is 80.0 Å². The number of rotatable bonds is 7. The average Bonchev–Trinajstić information content (AvgIpc) is 2.86. The molecule has 0 unspecified atom stereocenters. The van der Waals surface area contributed by atoms with E-state index in [-0.39, 0.29) is 0 Å². The van der Waals surface area contributed by atoms with Gasteiger partial charge >= 0.3 is 0 Å². The molecule has 0 saturated carbocycles. The molecule has 2 rings (SSSR count). The van der Waals surface area contributed by atoms with Crippen LogP contribution in [0.3, 0.4) is 0 Å². The maximum absolute atomic E-state index is 5.34. The maximum atomic E-state index is 5.34. The van der Waals surface area contributed by atoms with Crippen molar-refractivity contribution < 1.29 is 4.42 Å². The van der Waals surface area contributed by atoms with Crippen LogP contribution in [0.25, 0.3) is 0 Å². The van der Waals surface area contributed by atoms with Gasteiger partial charge in [-0.1, -0.05) is 0 Å². The molecule has 2 heterocycles. The second-order valence-corrected chi connectivity index (χ2v) is 5.22. The van der Waals surface area contributed by atoms with E-state index in [1.54, 1.807) is 6.26 Å². The van der Waals surface area contributed by atoms with Crippen LogP contribution in [-0.2, 0) is 0 Å². The molecule has 0 atom stereocenters. The van der Waals surface area contributed by atoms with E-state index in [4.69, 9.17) is 4.42 Å². The van der Waals surface area contributed by atoms with Crippen LogP contribution >= 0.6 is 11.8 Å². The highest BCUT2D eigenvalue weighted by molar-refractivity contribution is 7.98. The molecule has 0 amide bonds. The zero-order chi connectivity index (χ0) is 15.2. The molecule has 0 aliphatic rings. The molecule has 0 aromatic carbocycles. The number of nitrogens with one attached hydrogen (secondary N) is 1. The number of hydrogen-bond acceptors (Lipinski definition) is 8. The number of nitrogens with zero attached hydrogens (tertiary/aromatic N) is 5. The van der Waals surface area contributed by atoms with Crippen molar-refractivity contribution in [3.8, 4) is 0 Å². The second kappa shape index (κ2) is 7.26. The minimum absolute atomic E-state index is 0.534. The smallest absolute Gasteiger partial charge is 0.263 e. The first kappa shape index (κ1) is 15.6. The van der Waals surface area contributed by atoms with Crippen molar-refractivity contribution >= 4 is 23.7 Å². The Morgan fingerprint density at radius 2 is 1.90 bits per heavy atom. The molecule has 0 saturated heterocycles. The summed E-state index contributed by atoms with van der Waals surface area (Å²) in [4.78, 5) is 19.6. The van der Waals surface area contributed by atoms with E-state index in [1.165, 1.54) is 11.8 Å². The third-order valence-corrected chi connectivity index (χ3v) is 3.49. The van der Waals surface area contributed by atoms with Gasteiger partial charge in [-0.3, -0.25) is 0 Å². The van der Waals surface area contributed by atoms with Gasteiger partial charge < -0.3 is 14.6 Å². The summed E-state index contributed by atoms with van der Waals surface area (Å²) in [7, 11) is 0. The van der Waals surface area contributed by atoms with E-state index in [1.807, 2.05) is 13.8 Å². The highest BCUT2D eigenvalue weighted by atomic mass is 32.2. The highest BCUT2D eigenvalue weighted by Crippen LogP contribution is 2.25. The molecule has 0 aliphatic carbocycles. The Labute approximate surface area is 128 Å². The first-order chi connectivity index (χ1) is 10.2. The molecule has 0 radical (unpaired) electrons. The number of hydrogen-bond donors (Lipinski definition) is 1. The molecule has 21 heavy (non-hydrogen) atoms. The van der Waals surface area contributed by atoms with Gasteiger partial charge in [0.1, 0.15) is 6.26 Å². The van der Waals surface area contributed by atoms with Crippen LogP contribution < -0.4 is 10.2 Å². The van der Waals surface area contributed by atoms with Crippen molar-refractivity contribution in [2.75, 3.05) is 29.9 Å². The Hall–Kier alpha value is -1.83. The molecule has 0 aliphatic heterocycles. The Balaban J connectivity index is 2.30. The lowest BCUT2D eigenvalue weighted by molar-refractivity contribution is 0.453. The van der Waals surface area contributed by atoms with Gasteiger partial charge in [-0.25, -0.2) is 4.98 Å². The monoisotopic (exact) mass is 308 g/mol. The minimum atomic E-state index is 0.534. The fraction of sp³-hybridized carbons (Fsp3) is 0.538. The molecule has 0 spiro atoms. The van der Waals surface area contributed by atoms with Gasteiger partial charge in [-0.05, 0) is 27.7 Å². The largest absolute Gasteiger partial charge is 0.439 e. The van der Waals surface area contributed by atoms with Gasteiger partial charge in [-0.15, -0.1) is 0 Å². The van der Waals surface area contributed by atoms with E-state index in [2.05, 4.69) is 44.0 Å². The number of aromatic nitrogens is 4. The Bertz CT molecular complexity index is 584. The van der Waals surface area contributed by atoms with Crippen molar-refractivity contribution in [2.45, 2.75) is 38.1 Å². The lowest BCUT2D eigenvalue weighted by atomic mass is 10.5. The Kier molecular flexibility index (Phi) is 5.38. The Morgan fingerprint density at radius 1 is 1.14 bits per heavy atom. The van der Waals surface area contributed by atoms with E-state index >= 15 is 0 Å². The zero-order valence-corrected chi connectivity index (χ0v) is 13.6. The first-order valence-electron chi connectivity index (χ1n) is 7.01. The maximum Gasteiger partial charge on any atom is 0.263 e. The molecule has 8 heteroatoms. The van der Waals surface area contributed by atoms with Crippen molar-refractivity contribution in [1.29, 1.82) is 0 Å². The Morgan fingerprint density at radius 3 is 2.48 bits per heavy atom. The highest BCUT2D eigenvalue weighted by Gasteiger charge is 2.13. The predicted molar refractivity (Wildman–Crippen MR) is 82.9 cm³/mol. The SMILES string of the molecule is CCNc1nc(Sc2nc(C)co2)nc(N(CC)CC)n1. The minimum Gasteiger partial charge on any atom is -0.439 e. The summed E-state index contributed by atoms with van der Waals surface area (Å²) < 4.78 is 5.34. The van der Waals surface area contributed by atoms with E-state index in [9.17, 15) is 0 Å². The molecule has 1 N–H and O–H groups in total. The summed E-state index contributed by atoms with van der Waals surface area (Å²) >= 11 is 1.29. The van der Waals surface area contributed by atoms with Crippen molar-refractivity contribution in [1.82, 2.24) is 19.9 Å². The van der Waals surface area contributed by atoms with Crippen LogP contribution in [0.1, 0.15) is 26.5 Å². The van der Waals surface area contributed by atoms with Gasteiger partial charge in [0.05, 0.1) is 5.69 Å². The van der Waals surface area contributed by atoms with Gasteiger partial charge in [0.2, 0.25) is 17.1 Å². The summed E-state index contributed by atoms with van der Waals surface area (Å²) in [5.74, 6) is 1.23. The summed E-state index contributed by atoms with van der Waals surface area (Å²) in [6, 6.07) is 0. The fourth-order valence-corrected chi connectivity index (χ4v) is 2.44.